The van der Waals surface area contributed by atoms with Gasteiger partial charge in [-0.05, 0) is 32.6 Å². The van der Waals surface area contributed by atoms with Crippen LogP contribution in [0.5, 0.6) is 0 Å². The van der Waals surface area contributed by atoms with Crippen LogP contribution in [0.2, 0.25) is 0 Å². The third-order valence-corrected chi connectivity index (χ3v) is 10.2. The second kappa shape index (κ2) is 23.1. The Labute approximate surface area is 340 Å². The van der Waals surface area contributed by atoms with E-state index in [1.165, 1.54) is 6.92 Å². The van der Waals surface area contributed by atoms with Gasteiger partial charge in [-0.3, -0.25) is 48.2 Å². The standard InChI is InChI=1S/C32H51N11O15S/c1-14(33)24(50)40-18(9-44)26(52)41-19(10-45)25(51)39-17(5-3-7-37-31(35)36)20(47)8-22(49)58-11-15-12-59-30-32(38-13-46,29(57)43(30)23(15)28(55)56)42-21(48)6-2-4-16(34)27(53)54/h13-14,16-20,30,44-45,47H,2-12,33-34H2,1H3,(H,38,46)(H,39,51)(H,40,50)(H,41,52)(H,42,48)(H,53,54)(H,55,56)(H4,35,36,37)/t14?,16-,17+,18+,19+,20-,30?,32-/m1/s1. The molecule has 2 aliphatic rings. The molecule has 0 bridgehead atoms. The summed E-state index contributed by atoms with van der Waals surface area (Å²) in [7, 11) is 0. The number of esters is 1. The van der Waals surface area contributed by atoms with Crippen molar-refractivity contribution in [3.05, 3.63) is 11.3 Å². The Kier molecular flexibility index (Phi) is 19.4. The lowest BCUT2D eigenvalue weighted by Gasteiger charge is -2.56. The van der Waals surface area contributed by atoms with Gasteiger partial charge in [0.15, 0.2) is 5.96 Å². The normalized spacial score (nSPS) is 20.1. The first kappa shape index (κ1) is 49.5. The summed E-state index contributed by atoms with van der Waals surface area (Å²) in [6, 6.07) is -6.74. The van der Waals surface area contributed by atoms with E-state index in [2.05, 4.69) is 31.6 Å². The number of carboxylic acids is 2. The van der Waals surface area contributed by atoms with E-state index in [9.17, 15) is 63.6 Å². The molecule has 18 N–H and O–H groups in total. The van der Waals surface area contributed by atoms with E-state index in [0.717, 1.165) is 16.7 Å². The van der Waals surface area contributed by atoms with Gasteiger partial charge in [-0.1, -0.05) is 0 Å². The van der Waals surface area contributed by atoms with Gasteiger partial charge >= 0.3 is 17.9 Å². The molecule has 2 unspecified atom stereocenters. The molecule has 26 nitrogen and oxygen atoms in total. The number of β-lactam (4-membered cyclic amide) rings is 1. The van der Waals surface area contributed by atoms with Crippen molar-refractivity contribution in [1.82, 2.24) is 31.5 Å². The van der Waals surface area contributed by atoms with Gasteiger partial charge in [0, 0.05) is 24.3 Å². The van der Waals surface area contributed by atoms with E-state index in [1.54, 1.807) is 0 Å². The number of hydrogen-bond donors (Lipinski definition) is 14. The molecule has 0 radical (unpaired) electrons. The van der Waals surface area contributed by atoms with Crippen LogP contribution >= 0.6 is 11.8 Å². The zero-order chi connectivity index (χ0) is 44.6. The molecule has 6 amide bonds. The summed E-state index contributed by atoms with van der Waals surface area (Å²) in [5.41, 5.74) is 18.9. The van der Waals surface area contributed by atoms with Crippen LogP contribution in [0.4, 0.5) is 0 Å². The molecule has 2 rings (SSSR count). The predicted octanol–water partition coefficient (Wildman–Crippen LogP) is -7.49. The van der Waals surface area contributed by atoms with Crippen LogP contribution < -0.4 is 49.5 Å². The van der Waals surface area contributed by atoms with E-state index < -0.39 is 127 Å². The van der Waals surface area contributed by atoms with Gasteiger partial charge in [-0.15, -0.1) is 11.8 Å². The van der Waals surface area contributed by atoms with Crippen LogP contribution in [0, 0.1) is 0 Å². The number of carbonyl (C=O) groups excluding carboxylic acids is 7. The Morgan fingerprint density at radius 2 is 1.59 bits per heavy atom. The number of nitrogens with one attached hydrogen (secondary N) is 5. The Morgan fingerprint density at radius 1 is 0.983 bits per heavy atom. The highest BCUT2D eigenvalue weighted by atomic mass is 32.2. The second-order valence-corrected chi connectivity index (χ2v) is 14.4. The fourth-order valence-electron chi connectivity index (χ4n) is 5.66. The number of aliphatic hydroxyl groups excluding tert-OH is 3. The first-order chi connectivity index (χ1) is 27.7. The van der Waals surface area contributed by atoms with E-state index in [4.69, 9.17) is 32.8 Å². The minimum absolute atomic E-state index is 0.0202. The van der Waals surface area contributed by atoms with Gasteiger partial charge in [0.1, 0.15) is 35.8 Å². The van der Waals surface area contributed by atoms with Gasteiger partial charge < -0.3 is 79.8 Å². The molecular formula is C32H51N11O15S. The van der Waals surface area contributed by atoms with E-state index in [1.807, 2.05) is 0 Å². The van der Waals surface area contributed by atoms with E-state index in [0.29, 0.717) is 0 Å². The number of aliphatic imine (C=N–C) groups is 1. The van der Waals surface area contributed by atoms with Crippen molar-refractivity contribution >= 4 is 71.6 Å². The van der Waals surface area contributed by atoms with Crippen LogP contribution in [0.25, 0.3) is 0 Å². The number of thioether (sulfide) groups is 1. The van der Waals surface area contributed by atoms with Crippen molar-refractivity contribution in [1.29, 1.82) is 0 Å². The highest BCUT2D eigenvalue weighted by Gasteiger charge is 2.66. The summed E-state index contributed by atoms with van der Waals surface area (Å²) < 4.78 is 5.24. The molecule has 27 heteroatoms. The van der Waals surface area contributed by atoms with Crippen molar-refractivity contribution < 1.29 is 73.4 Å². The largest absolute Gasteiger partial charge is 0.480 e. The lowest BCUT2D eigenvalue weighted by Crippen LogP contribution is -2.85. The molecule has 0 aliphatic carbocycles. The van der Waals surface area contributed by atoms with Crippen molar-refractivity contribution in [3.8, 4) is 0 Å². The van der Waals surface area contributed by atoms with Crippen LogP contribution in [0.3, 0.4) is 0 Å². The first-order valence-corrected chi connectivity index (χ1v) is 19.0. The minimum Gasteiger partial charge on any atom is -0.480 e. The maximum atomic E-state index is 13.4. The number of nitrogens with two attached hydrogens (primary N) is 4. The van der Waals surface area contributed by atoms with Gasteiger partial charge in [-0.25, -0.2) is 4.79 Å². The zero-order valence-electron chi connectivity index (χ0n) is 31.8. The molecule has 0 aromatic heterocycles. The van der Waals surface area contributed by atoms with Crippen LogP contribution in [-0.4, -0.2) is 170 Å². The van der Waals surface area contributed by atoms with Gasteiger partial charge in [-0.2, -0.15) is 0 Å². The minimum atomic E-state index is -2.05. The van der Waals surface area contributed by atoms with Gasteiger partial charge in [0.2, 0.25) is 35.7 Å². The van der Waals surface area contributed by atoms with Crippen molar-refractivity contribution in [2.45, 2.75) is 92.8 Å². The van der Waals surface area contributed by atoms with Crippen LogP contribution in [-0.2, 0) is 47.9 Å². The van der Waals surface area contributed by atoms with Gasteiger partial charge in [0.25, 0.3) is 5.91 Å². The summed E-state index contributed by atoms with van der Waals surface area (Å²) in [4.78, 5) is 116. The van der Waals surface area contributed by atoms with Crippen molar-refractivity contribution in [3.63, 3.8) is 0 Å². The molecule has 0 aromatic carbocycles. The molecule has 0 aromatic rings. The molecule has 8 atom stereocenters. The SMILES string of the molecule is CC(N)C(=O)N[C@@H](CO)C(=O)N[C@@H](CO)C(=O)N[C@@H](CCCN=C(N)N)[C@H](O)CC(=O)OCC1=C(C(=O)O)N2C(=O)[C@@](NC=O)(NC(=O)CCC[C@@H](N)C(=O)O)C2SC1. The summed E-state index contributed by atoms with van der Waals surface area (Å²) in [5.74, 6) is -9.09. The van der Waals surface area contributed by atoms with Crippen LogP contribution in [0.15, 0.2) is 16.3 Å². The van der Waals surface area contributed by atoms with Crippen molar-refractivity contribution in [2.24, 2.45) is 27.9 Å². The third-order valence-electron chi connectivity index (χ3n) is 8.80. The summed E-state index contributed by atoms with van der Waals surface area (Å²) in [5, 5.41) is 59.6. The van der Waals surface area contributed by atoms with E-state index in [-0.39, 0.29) is 62.3 Å². The second-order valence-electron chi connectivity index (χ2n) is 13.3. The van der Waals surface area contributed by atoms with Gasteiger partial charge in [0.05, 0.1) is 37.8 Å². The quantitative estimate of drug-likeness (QED) is 0.00730. The fraction of sp³-hybridized carbons (Fsp3) is 0.625. The molecule has 330 valence electrons. The average Bonchev–Trinajstić information content (AvgIpc) is 3.17. The molecule has 0 spiro atoms. The van der Waals surface area contributed by atoms with Crippen LogP contribution in [0.1, 0.15) is 45.4 Å². The number of carboxylic acid groups (broad SMARTS) is 2. The molecule has 59 heavy (non-hydrogen) atoms. The summed E-state index contributed by atoms with van der Waals surface area (Å²) >= 11 is 0.917. The molecule has 2 heterocycles. The number of hydrogen-bond acceptors (Lipinski definition) is 17. The molecule has 2 aliphatic heterocycles. The summed E-state index contributed by atoms with van der Waals surface area (Å²) in [6.07, 6.45) is -2.60. The third kappa shape index (κ3) is 13.7. The number of nitrogens with zero attached hydrogens (tertiary/aromatic N) is 2. The highest BCUT2D eigenvalue weighted by molar-refractivity contribution is 8.00. The lowest BCUT2D eigenvalue weighted by atomic mass is 9.94. The number of rotatable bonds is 26. The van der Waals surface area contributed by atoms with E-state index >= 15 is 0 Å². The lowest BCUT2D eigenvalue weighted by molar-refractivity contribution is -0.162. The molecular weight excluding hydrogens is 810 g/mol. The number of guanidine groups is 1. The number of fused-ring (bicyclic) bond motifs is 1. The monoisotopic (exact) mass is 861 g/mol. The Morgan fingerprint density at radius 3 is 2.14 bits per heavy atom. The maximum absolute atomic E-state index is 13.4. The number of aliphatic carboxylic acids is 2. The predicted molar refractivity (Wildman–Crippen MR) is 202 cm³/mol. The molecule has 1 fully saturated rings. The number of carbonyl (C=O) groups is 9. The first-order valence-electron chi connectivity index (χ1n) is 17.9. The number of aliphatic hydroxyl groups is 3. The smallest absolute Gasteiger partial charge is 0.352 e. The summed E-state index contributed by atoms with van der Waals surface area (Å²) in [6.45, 7) is -1.20. The Bertz CT molecular complexity index is 1660. The fourth-order valence-corrected chi connectivity index (χ4v) is 7.07. The molecule has 0 saturated carbocycles. The average molecular weight is 862 g/mol. The maximum Gasteiger partial charge on any atom is 0.352 e. The molecule has 1 saturated heterocycles. The topological polar surface area (TPSA) is 444 Å². The zero-order valence-corrected chi connectivity index (χ0v) is 32.6. The Balaban J connectivity index is 2.17. The highest BCUT2D eigenvalue weighted by Crippen LogP contribution is 2.45. The van der Waals surface area contributed by atoms with Crippen molar-refractivity contribution in [2.75, 3.05) is 32.1 Å². The number of amides is 6. The number of ether oxygens (including phenoxy) is 1. The Hall–Kier alpha value is -5.61.